The van der Waals surface area contributed by atoms with E-state index in [4.69, 9.17) is 4.74 Å². The van der Waals surface area contributed by atoms with E-state index in [1.807, 2.05) is 18.2 Å². The zero-order chi connectivity index (χ0) is 13.8. The molecule has 0 bridgehead atoms. The molecule has 0 aliphatic heterocycles. The number of ketones is 1. The molecule has 2 aromatic carbocycles. The average Bonchev–Trinajstić information content (AvgIpc) is 2.41. The molecule has 4 heteroatoms. The normalized spacial score (nSPS) is 10.2. The number of carbonyl (C=O) groups is 1. The summed E-state index contributed by atoms with van der Waals surface area (Å²) in [4.78, 5) is 11.9. The number of carbonyl (C=O) groups excluding carboxylic acids is 1. The summed E-state index contributed by atoms with van der Waals surface area (Å²) in [6.45, 7) is 1.49. The van der Waals surface area contributed by atoms with Crippen LogP contribution in [-0.4, -0.2) is 22.6 Å². The van der Waals surface area contributed by atoms with E-state index in [2.05, 4.69) is 0 Å². The lowest BCUT2D eigenvalue weighted by molar-refractivity contribution is 0.0918. The summed E-state index contributed by atoms with van der Waals surface area (Å²) in [7, 11) is 0. The second-order valence-electron chi connectivity index (χ2n) is 4.18. The largest absolute Gasteiger partial charge is 0.508 e. The Morgan fingerprint density at radius 2 is 1.79 bits per heavy atom. The molecule has 0 amide bonds. The van der Waals surface area contributed by atoms with Crippen molar-refractivity contribution in [3.63, 3.8) is 0 Å². The van der Waals surface area contributed by atoms with Gasteiger partial charge in [0.05, 0.1) is 5.56 Å². The maximum absolute atomic E-state index is 11.9. The number of hydrogen-bond donors (Lipinski definition) is 2. The van der Waals surface area contributed by atoms with Gasteiger partial charge < -0.3 is 14.9 Å². The van der Waals surface area contributed by atoms with Crippen molar-refractivity contribution < 1.29 is 19.7 Å². The van der Waals surface area contributed by atoms with Crippen LogP contribution in [0.1, 0.15) is 15.9 Å². The second-order valence-corrected chi connectivity index (χ2v) is 4.18. The number of para-hydroxylation sites is 1. The van der Waals surface area contributed by atoms with Gasteiger partial charge in [0, 0.05) is 6.07 Å². The molecule has 2 N–H and O–H groups in total. The molecule has 0 fully saturated rings. The van der Waals surface area contributed by atoms with Crippen LogP contribution in [0.25, 0.3) is 0 Å². The van der Waals surface area contributed by atoms with Crippen LogP contribution in [0.4, 0.5) is 0 Å². The van der Waals surface area contributed by atoms with Crippen molar-refractivity contribution in [3.8, 4) is 17.2 Å². The molecular formula is C15H14O4. The number of Topliss-reactive ketones (excluding diaryl/α,β-unsaturated/α-hetero) is 1. The van der Waals surface area contributed by atoms with Crippen molar-refractivity contribution in [1.82, 2.24) is 0 Å². The van der Waals surface area contributed by atoms with E-state index in [1.165, 1.54) is 6.07 Å². The fourth-order valence-corrected chi connectivity index (χ4v) is 1.65. The fourth-order valence-electron chi connectivity index (χ4n) is 1.65. The monoisotopic (exact) mass is 258 g/mol. The first-order valence-electron chi connectivity index (χ1n) is 5.81. The van der Waals surface area contributed by atoms with Crippen LogP contribution in [-0.2, 0) is 0 Å². The van der Waals surface area contributed by atoms with Crippen LogP contribution in [0, 0.1) is 6.92 Å². The van der Waals surface area contributed by atoms with Gasteiger partial charge in [0.25, 0.3) is 0 Å². The van der Waals surface area contributed by atoms with Crippen molar-refractivity contribution in [2.45, 2.75) is 6.92 Å². The van der Waals surface area contributed by atoms with E-state index >= 15 is 0 Å². The first-order chi connectivity index (χ1) is 9.08. The molecule has 0 aromatic heterocycles. The number of phenolic OH excluding ortho intramolecular Hbond substituents is 2. The molecule has 4 nitrogen and oxygen atoms in total. The molecule has 0 atom stereocenters. The molecule has 0 unspecified atom stereocenters. The highest BCUT2D eigenvalue weighted by Crippen LogP contribution is 2.27. The summed E-state index contributed by atoms with van der Waals surface area (Å²) >= 11 is 0. The van der Waals surface area contributed by atoms with Crippen LogP contribution in [0.3, 0.4) is 0 Å². The topological polar surface area (TPSA) is 66.8 Å². The quantitative estimate of drug-likeness (QED) is 0.827. The van der Waals surface area contributed by atoms with Crippen molar-refractivity contribution in [1.29, 1.82) is 0 Å². The summed E-state index contributed by atoms with van der Waals surface area (Å²) in [5.74, 6) is -0.0434. The van der Waals surface area contributed by atoms with Crippen molar-refractivity contribution in [2.24, 2.45) is 0 Å². The highest BCUT2D eigenvalue weighted by atomic mass is 16.5. The van der Waals surface area contributed by atoms with E-state index in [-0.39, 0.29) is 29.5 Å². The zero-order valence-corrected chi connectivity index (χ0v) is 10.5. The lowest BCUT2D eigenvalue weighted by atomic mass is 10.1. The van der Waals surface area contributed by atoms with E-state index in [0.29, 0.717) is 11.3 Å². The Balaban J connectivity index is 2.10. The van der Waals surface area contributed by atoms with Crippen LogP contribution in [0.15, 0.2) is 42.5 Å². The van der Waals surface area contributed by atoms with Crippen LogP contribution < -0.4 is 4.74 Å². The molecule has 0 saturated heterocycles. The van der Waals surface area contributed by atoms with E-state index in [1.54, 1.807) is 19.1 Å². The first-order valence-corrected chi connectivity index (χ1v) is 5.81. The van der Waals surface area contributed by atoms with Gasteiger partial charge in [0.2, 0.25) is 5.78 Å². The van der Waals surface area contributed by atoms with Crippen LogP contribution >= 0.6 is 0 Å². The smallest absolute Gasteiger partial charge is 0.203 e. The molecule has 0 saturated carbocycles. The van der Waals surface area contributed by atoms with Gasteiger partial charge in [-0.3, -0.25) is 4.79 Å². The minimum atomic E-state index is -0.343. The van der Waals surface area contributed by atoms with Gasteiger partial charge >= 0.3 is 0 Å². The predicted octanol–water partition coefficient (Wildman–Crippen LogP) is 2.67. The molecule has 2 rings (SSSR count). The highest BCUT2D eigenvalue weighted by molar-refractivity contribution is 6.00. The Hall–Kier alpha value is -2.49. The Morgan fingerprint density at radius 3 is 2.47 bits per heavy atom. The third-order valence-electron chi connectivity index (χ3n) is 2.73. The first kappa shape index (κ1) is 13.0. The summed E-state index contributed by atoms with van der Waals surface area (Å²) in [6, 6.07) is 11.6. The lowest BCUT2D eigenvalue weighted by Gasteiger charge is -2.08. The standard InChI is InChI=1S/C15H14O4/c1-10-7-12(14(17)8-13(10)16)15(18)9-19-11-5-3-2-4-6-11/h2-8,16-17H,9H2,1H3. The zero-order valence-electron chi connectivity index (χ0n) is 10.5. The SMILES string of the molecule is Cc1cc(C(=O)COc2ccccc2)c(O)cc1O. The summed E-state index contributed by atoms with van der Waals surface area (Å²) < 4.78 is 5.32. The maximum atomic E-state index is 11.9. The molecule has 98 valence electrons. The van der Waals surface area contributed by atoms with Gasteiger partial charge in [0.1, 0.15) is 17.2 Å². The van der Waals surface area contributed by atoms with Crippen molar-refractivity contribution in [2.75, 3.05) is 6.61 Å². The molecule has 0 aliphatic rings. The molecule has 19 heavy (non-hydrogen) atoms. The molecular weight excluding hydrogens is 244 g/mol. The molecule has 0 heterocycles. The summed E-state index contributed by atoms with van der Waals surface area (Å²) in [5, 5.41) is 19.1. The average molecular weight is 258 g/mol. The Morgan fingerprint density at radius 1 is 1.11 bits per heavy atom. The minimum absolute atomic E-state index is 0.0435. The fraction of sp³-hybridized carbons (Fsp3) is 0.133. The van der Waals surface area contributed by atoms with Gasteiger partial charge in [-0.2, -0.15) is 0 Å². The third-order valence-corrected chi connectivity index (χ3v) is 2.73. The number of phenols is 2. The van der Waals surface area contributed by atoms with Gasteiger partial charge in [-0.15, -0.1) is 0 Å². The molecule has 0 spiro atoms. The van der Waals surface area contributed by atoms with Crippen LogP contribution in [0.5, 0.6) is 17.2 Å². The predicted molar refractivity (Wildman–Crippen MR) is 70.8 cm³/mol. The minimum Gasteiger partial charge on any atom is -0.508 e. The number of aryl methyl sites for hydroxylation is 1. The summed E-state index contributed by atoms with van der Waals surface area (Å²) in [6.07, 6.45) is 0. The van der Waals surface area contributed by atoms with Gasteiger partial charge in [0.15, 0.2) is 6.61 Å². The van der Waals surface area contributed by atoms with Crippen LogP contribution in [0.2, 0.25) is 0 Å². The van der Waals surface area contributed by atoms with Gasteiger partial charge in [-0.25, -0.2) is 0 Å². The van der Waals surface area contributed by atoms with E-state index in [0.717, 1.165) is 6.07 Å². The summed E-state index contributed by atoms with van der Waals surface area (Å²) in [5.41, 5.74) is 0.673. The number of ether oxygens (including phenoxy) is 1. The Labute approximate surface area is 110 Å². The van der Waals surface area contributed by atoms with E-state index in [9.17, 15) is 15.0 Å². The maximum Gasteiger partial charge on any atom is 0.203 e. The van der Waals surface area contributed by atoms with Crippen molar-refractivity contribution >= 4 is 5.78 Å². The number of rotatable bonds is 4. The number of aromatic hydroxyl groups is 2. The Kier molecular flexibility index (Phi) is 3.71. The Bertz CT molecular complexity index is 591. The van der Waals surface area contributed by atoms with E-state index < -0.39 is 0 Å². The number of hydrogen-bond acceptors (Lipinski definition) is 4. The second kappa shape index (κ2) is 5.44. The van der Waals surface area contributed by atoms with Gasteiger partial charge in [-0.05, 0) is 30.7 Å². The number of benzene rings is 2. The molecule has 0 aliphatic carbocycles. The van der Waals surface area contributed by atoms with Crippen molar-refractivity contribution in [3.05, 3.63) is 53.6 Å². The lowest BCUT2D eigenvalue weighted by Crippen LogP contribution is -2.12. The molecule has 2 aromatic rings. The van der Waals surface area contributed by atoms with Gasteiger partial charge in [-0.1, -0.05) is 18.2 Å². The molecule has 0 radical (unpaired) electrons. The third kappa shape index (κ3) is 3.04. The highest BCUT2D eigenvalue weighted by Gasteiger charge is 2.14.